The van der Waals surface area contributed by atoms with E-state index >= 15 is 0 Å². The van der Waals surface area contributed by atoms with Crippen LogP contribution in [0.15, 0.2) is 55.1 Å². The minimum absolute atomic E-state index is 0.264. The molecule has 1 rings (SSSR count). The quantitative estimate of drug-likeness (QED) is 0.159. The third kappa shape index (κ3) is 22.9. The van der Waals surface area contributed by atoms with Crippen molar-refractivity contribution >= 4 is 18.0 Å². The lowest BCUT2D eigenvalue weighted by Crippen LogP contribution is -2.09. The molecule has 4 heteroatoms. The average molecular weight is 487 g/mol. The Morgan fingerprint density at radius 3 is 1.80 bits per heavy atom. The summed E-state index contributed by atoms with van der Waals surface area (Å²) in [5.74, 6) is 0.647. The van der Waals surface area contributed by atoms with Gasteiger partial charge in [-0.05, 0) is 50.2 Å². The SMILES string of the molecule is C=C(C)C(=O)OCC(C)C.C=C(C)C(=O)OCCCCCCCC(C)C.C=Cc1ccccc1C. The molecule has 0 aromatic heterocycles. The summed E-state index contributed by atoms with van der Waals surface area (Å²) < 4.78 is 9.84. The van der Waals surface area contributed by atoms with Crippen molar-refractivity contribution in [3.63, 3.8) is 0 Å². The summed E-state index contributed by atoms with van der Waals surface area (Å²) in [4.78, 5) is 21.8. The van der Waals surface area contributed by atoms with Gasteiger partial charge in [0.25, 0.3) is 0 Å². The zero-order valence-corrected chi connectivity index (χ0v) is 23.5. The van der Waals surface area contributed by atoms with Crippen LogP contribution in [0.3, 0.4) is 0 Å². The number of aryl methyl sites for hydroxylation is 1. The molecular weight excluding hydrogens is 436 g/mol. The van der Waals surface area contributed by atoms with Gasteiger partial charge in [0.15, 0.2) is 0 Å². The summed E-state index contributed by atoms with van der Waals surface area (Å²) in [5, 5.41) is 0. The maximum Gasteiger partial charge on any atom is 0.333 e. The van der Waals surface area contributed by atoms with E-state index in [0.29, 0.717) is 30.3 Å². The van der Waals surface area contributed by atoms with Gasteiger partial charge in [0, 0.05) is 11.1 Å². The van der Waals surface area contributed by atoms with E-state index in [2.05, 4.69) is 52.6 Å². The predicted molar refractivity (Wildman–Crippen MR) is 150 cm³/mol. The molecular formula is C31H50O4. The highest BCUT2D eigenvalue weighted by molar-refractivity contribution is 5.87. The first-order chi connectivity index (χ1) is 16.4. The van der Waals surface area contributed by atoms with E-state index < -0.39 is 0 Å². The lowest BCUT2D eigenvalue weighted by Gasteiger charge is -2.05. The Morgan fingerprint density at radius 2 is 1.34 bits per heavy atom. The first-order valence-electron chi connectivity index (χ1n) is 12.8. The van der Waals surface area contributed by atoms with Crippen LogP contribution in [0, 0.1) is 18.8 Å². The maximum absolute atomic E-state index is 11.0. The van der Waals surface area contributed by atoms with Gasteiger partial charge in [0.05, 0.1) is 13.2 Å². The topological polar surface area (TPSA) is 52.6 Å². The highest BCUT2D eigenvalue weighted by Gasteiger charge is 2.03. The Balaban J connectivity index is 0. The predicted octanol–water partition coefficient (Wildman–Crippen LogP) is 8.50. The number of carbonyl (C=O) groups is 2. The van der Waals surface area contributed by atoms with Crippen molar-refractivity contribution in [1.29, 1.82) is 0 Å². The van der Waals surface area contributed by atoms with Gasteiger partial charge in [-0.25, -0.2) is 9.59 Å². The highest BCUT2D eigenvalue weighted by atomic mass is 16.5. The molecule has 1 aromatic rings. The second-order valence-corrected chi connectivity index (χ2v) is 9.70. The van der Waals surface area contributed by atoms with E-state index in [0.717, 1.165) is 18.8 Å². The summed E-state index contributed by atoms with van der Waals surface area (Å²) >= 11 is 0. The van der Waals surface area contributed by atoms with E-state index in [9.17, 15) is 9.59 Å². The number of carbonyl (C=O) groups excluding carboxylic acids is 2. The lowest BCUT2D eigenvalue weighted by atomic mass is 10.0. The smallest absolute Gasteiger partial charge is 0.333 e. The summed E-state index contributed by atoms with van der Waals surface area (Å²) in [6.45, 7) is 25.6. The third-order valence-electron chi connectivity index (χ3n) is 4.81. The van der Waals surface area contributed by atoms with Crippen molar-refractivity contribution in [3.8, 4) is 0 Å². The Morgan fingerprint density at radius 1 is 0.829 bits per heavy atom. The van der Waals surface area contributed by atoms with Gasteiger partial charge in [-0.2, -0.15) is 0 Å². The lowest BCUT2D eigenvalue weighted by molar-refractivity contribution is -0.140. The van der Waals surface area contributed by atoms with E-state index in [1.165, 1.54) is 36.8 Å². The van der Waals surface area contributed by atoms with Gasteiger partial charge in [-0.1, -0.05) is 110 Å². The molecule has 0 bridgehead atoms. The molecule has 0 aliphatic carbocycles. The maximum atomic E-state index is 11.0. The van der Waals surface area contributed by atoms with Gasteiger partial charge in [0.1, 0.15) is 0 Å². The van der Waals surface area contributed by atoms with Crippen LogP contribution in [0.2, 0.25) is 0 Å². The molecule has 35 heavy (non-hydrogen) atoms. The van der Waals surface area contributed by atoms with Crippen LogP contribution in [-0.2, 0) is 19.1 Å². The zero-order chi connectivity index (χ0) is 27.2. The number of hydrogen-bond acceptors (Lipinski definition) is 4. The molecule has 0 amide bonds. The molecule has 0 atom stereocenters. The highest BCUT2D eigenvalue weighted by Crippen LogP contribution is 2.10. The van der Waals surface area contributed by atoms with Crippen molar-refractivity contribution in [2.24, 2.45) is 11.8 Å². The van der Waals surface area contributed by atoms with Gasteiger partial charge in [0.2, 0.25) is 0 Å². The molecule has 0 unspecified atom stereocenters. The van der Waals surface area contributed by atoms with Crippen LogP contribution in [0.5, 0.6) is 0 Å². The van der Waals surface area contributed by atoms with Crippen LogP contribution in [0.4, 0.5) is 0 Å². The molecule has 4 nitrogen and oxygen atoms in total. The molecule has 0 spiro atoms. The fourth-order valence-electron chi connectivity index (χ4n) is 2.65. The van der Waals surface area contributed by atoms with Gasteiger partial charge in [-0.15, -0.1) is 0 Å². The molecule has 198 valence electrons. The van der Waals surface area contributed by atoms with E-state index in [4.69, 9.17) is 9.47 Å². The second kappa shape index (κ2) is 21.9. The second-order valence-electron chi connectivity index (χ2n) is 9.70. The number of hydrogen-bond donors (Lipinski definition) is 0. The Hall–Kier alpha value is -2.62. The number of esters is 2. The van der Waals surface area contributed by atoms with Crippen molar-refractivity contribution < 1.29 is 19.1 Å². The van der Waals surface area contributed by atoms with Crippen molar-refractivity contribution in [1.82, 2.24) is 0 Å². The van der Waals surface area contributed by atoms with Crippen LogP contribution in [0.25, 0.3) is 6.08 Å². The summed E-state index contributed by atoms with van der Waals surface area (Å²) in [6.07, 6.45) is 9.19. The molecule has 0 saturated heterocycles. The first kappa shape index (κ1) is 34.5. The third-order valence-corrected chi connectivity index (χ3v) is 4.81. The summed E-state index contributed by atoms with van der Waals surface area (Å²) in [6, 6.07) is 8.19. The normalized spacial score (nSPS) is 9.86. The monoisotopic (exact) mass is 486 g/mol. The summed E-state index contributed by atoms with van der Waals surface area (Å²) in [5.41, 5.74) is 3.45. The Kier molecular flexibility index (Phi) is 21.6. The molecule has 0 radical (unpaired) electrons. The molecule has 0 aliphatic rings. The molecule has 0 fully saturated rings. The van der Waals surface area contributed by atoms with Crippen molar-refractivity contribution in [2.75, 3.05) is 13.2 Å². The average Bonchev–Trinajstić information content (AvgIpc) is 2.79. The fourth-order valence-corrected chi connectivity index (χ4v) is 2.65. The standard InChI is InChI=1S/C14H26O2.C9H10.C8H14O2/c1-12(2)10-8-6-5-7-9-11-16-14(15)13(3)4;1-3-9-7-5-4-6-8(9)2;1-6(2)5-10-8(9)7(3)4/h12H,3,5-11H2,1-2,4H3;3-7H,1H2,2H3;6H,3,5H2,1-2,4H3. The molecule has 0 aliphatic heterocycles. The zero-order valence-electron chi connectivity index (χ0n) is 23.5. The van der Waals surface area contributed by atoms with E-state index in [-0.39, 0.29) is 11.9 Å². The number of benzene rings is 1. The number of unbranched alkanes of at least 4 members (excludes halogenated alkanes) is 4. The van der Waals surface area contributed by atoms with Crippen LogP contribution >= 0.6 is 0 Å². The van der Waals surface area contributed by atoms with Gasteiger partial charge in [-0.3, -0.25) is 0 Å². The van der Waals surface area contributed by atoms with Crippen molar-refractivity contribution in [2.45, 2.75) is 87.0 Å². The van der Waals surface area contributed by atoms with E-state index in [1.54, 1.807) is 13.8 Å². The van der Waals surface area contributed by atoms with Crippen LogP contribution in [0.1, 0.15) is 91.2 Å². The molecule has 0 saturated carbocycles. The van der Waals surface area contributed by atoms with Gasteiger partial charge < -0.3 is 9.47 Å². The molecule has 0 N–H and O–H groups in total. The Bertz CT molecular complexity index is 759. The first-order valence-corrected chi connectivity index (χ1v) is 12.8. The minimum atomic E-state index is -0.297. The largest absolute Gasteiger partial charge is 0.462 e. The van der Waals surface area contributed by atoms with Crippen LogP contribution in [-0.4, -0.2) is 25.2 Å². The molecule has 1 aromatic carbocycles. The van der Waals surface area contributed by atoms with Gasteiger partial charge >= 0.3 is 11.9 Å². The number of rotatable bonds is 13. The van der Waals surface area contributed by atoms with Crippen LogP contribution < -0.4 is 0 Å². The van der Waals surface area contributed by atoms with Crippen molar-refractivity contribution in [3.05, 3.63) is 66.3 Å². The minimum Gasteiger partial charge on any atom is -0.462 e. The summed E-state index contributed by atoms with van der Waals surface area (Å²) in [7, 11) is 0. The number of ether oxygens (including phenoxy) is 2. The van der Waals surface area contributed by atoms with E-state index in [1.807, 2.05) is 32.1 Å². The fraction of sp³-hybridized carbons (Fsp3) is 0.548. The Labute approximate surface area is 215 Å². The molecule has 0 heterocycles.